The van der Waals surface area contributed by atoms with Gasteiger partial charge in [0.1, 0.15) is 0 Å². The lowest BCUT2D eigenvalue weighted by Gasteiger charge is -2.25. The highest BCUT2D eigenvalue weighted by molar-refractivity contribution is 5.82. The Kier molecular flexibility index (Phi) is 4.48. The Hall–Kier alpha value is -2.14. The van der Waals surface area contributed by atoms with Crippen molar-refractivity contribution in [3.63, 3.8) is 0 Å². The molecule has 1 atom stereocenters. The van der Waals surface area contributed by atoms with Crippen molar-refractivity contribution in [1.82, 2.24) is 20.4 Å². The number of benzene rings is 1. The van der Waals surface area contributed by atoms with Crippen LogP contribution in [0.5, 0.6) is 0 Å². The van der Waals surface area contributed by atoms with Crippen molar-refractivity contribution < 1.29 is 4.79 Å². The van der Waals surface area contributed by atoms with Crippen molar-refractivity contribution in [2.24, 2.45) is 0 Å². The maximum atomic E-state index is 12.5. The van der Waals surface area contributed by atoms with Crippen molar-refractivity contribution in [1.29, 1.82) is 0 Å². The molecule has 2 heterocycles. The number of hydrogen-bond donors (Lipinski definition) is 2. The molecule has 1 aromatic carbocycles. The fourth-order valence-corrected chi connectivity index (χ4v) is 3.24. The lowest BCUT2D eigenvalue weighted by atomic mass is 9.95. The average Bonchev–Trinajstić information content (AvgIpc) is 2.85. The van der Waals surface area contributed by atoms with Crippen molar-refractivity contribution >= 4 is 5.91 Å². The van der Waals surface area contributed by atoms with Gasteiger partial charge in [0.15, 0.2) is 0 Å². The van der Waals surface area contributed by atoms with E-state index in [9.17, 15) is 4.79 Å². The molecule has 5 nitrogen and oxygen atoms in total. The van der Waals surface area contributed by atoms with E-state index in [1.165, 1.54) is 11.1 Å². The first-order chi connectivity index (χ1) is 11.1. The molecule has 1 aliphatic heterocycles. The van der Waals surface area contributed by atoms with Crippen molar-refractivity contribution in [3.8, 4) is 0 Å². The minimum Gasteiger partial charge on any atom is -0.351 e. The molecule has 0 spiro atoms. The molecule has 0 saturated heterocycles. The minimum absolute atomic E-state index is 0.0579. The summed E-state index contributed by atoms with van der Waals surface area (Å²) < 4.78 is 1.98. The lowest BCUT2D eigenvalue weighted by Crippen LogP contribution is -2.47. The van der Waals surface area contributed by atoms with Crippen LogP contribution in [0.4, 0.5) is 0 Å². The van der Waals surface area contributed by atoms with E-state index in [1.807, 2.05) is 23.7 Å². The normalized spacial score (nSPS) is 16.9. The van der Waals surface area contributed by atoms with Gasteiger partial charge in [-0.3, -0.25) is 9.48 Å². The maximum Gasteiger partial charge on any atom is 0.237 e. The van der Waals surface area contributed by atoms with Crippen LogP contribution in [0.15, 0.2) is 24.3 Å². The highest BCUT2D eigenvalue weighted by atomic mass is 16.2. The lowest BCUT2D eigenvalue weighted by molar-refractivity contribution is -0.123. The molecular formula is C18H24N4O. The van der Waals surface area contributed by atoms with Gasteiger partial charge in [0.25, 0.3) is 0 Å². The Morgan fingerprint density at radius 1 is 1.35 bits per heavy atom. The average molecular weight is 312 g/mol. The second kappa shape index (κ2) is 6.54. The summed E-state index contributed by atoms with van der Waals surface area (Å²) in [4.78, 5) is 12.5. The SMILES string of the molecule is CCn1nc(C)c(CNC(=O)C2Cc3ccccc3CN2)c1C. The zero-order chi connectivity index (χ0) is 16.4. The van der Waals surface area contributed by atoms with Crippen LogP contribution in [0, 0.1) is 13.8 Å². The Labute approximate surface area is 137 Å². The van der Waals surface area contributed by atoms with Gasteiger partial charge in [0, 0.05) is 30.9 Å². The number of nitrogens with zero attached hydrogens (tertiary/aromatic N) is 2. The number of fused-ring (bicyclic) bond motifs is 1. The van der Waals surface area contributed by atoms with E-state index < -0.39 is 0 Å². The van der Waals surface area contributed by atoms with E-state index in [2.05, 4.69) is 41.7 Å². The largest absolute Gasteiger partial charge is 0.351 e. The summed E-state index contributed by atoms with van der Waals surface area (Å²) in [6.07, 6.45) is 0.744. The molecule has 0 fully saturated rings. The molecule has 0 saturated carbocycles. The van der Waals surface area contributed by atoms with E-state index in [0.717, 1.165) is 36.5 Å². The molecule has 3 rings (SSSR count). The highest BCUT2D eigenvalue weighted by Crippen LogP contribution is 2.17. The van der Waals surface area contributed by atoms with E-state index >= 15 is 0 Å². The third-order valence-electron chi connectivity index (χ3n) is 4.67. The van der Waals surface area contributed by atoms with E-state index in [0.29, 0.717) is 6.54 Å². The molecule has 23 heavy (non-hydrogen) atoms. The third kappa shape index (κ3) is 3.15. The Bertz CT molecular complexity index is 720. The van der Waals surface area contributed by atoms with Crippen LogP contribution in [0.1, 0.15) is 35.0 Å². The molecule has 1 amide bonds. The number of carbonyl (C=O) groups excluding carboxylic acids is 1. The van der Waals surface area contributed by atoms with Gasteiger partial charge in [-0.05, 0) is 38.3 Å². The van der Waals surface area contributed by atoms with Gasteiger partial charge in [-0.25, -0.2) is 0 Å². The number of carbonyl (C=O) groups is 1. The maximum absolute atomic E-state index is 12.5. The summed E-state index contributed by atoms with van der Waals surface area (Å²) in [7, 11) is 0. The summed E-state index contributed by atoms with van der Waals surface area (Å²) in [5.41, 5.74) is 5.79. The topological polar surface area (TPSA) is 59.0 Å². The summed E-state index contributed by atoms with van der Waals surface area (Å²) in [5.74, 6) is 0.0579. The first-order valence-corrected chi connectivity index (χ1v) is 8.21. The fourth-order valence-electron chi connectivity index (χ4n) is 3.24. The van der Waals surface area contributed by atoms with E-state index in [-0.39, 0.29) is 11.9 Å². The number of nitrogens with one attached hydrogen (secondary N) is 2. The van der Waals surface area contributed by atoms with Gasteiger partial charge >= 0.3 is 0 Å². The van der Waals surface area contributed by atoms with E-state index in [4.69, 9.17) is 0 Å². The molecule has 2 N–H and O–H groups in total. The smallest absolute Gasteiger partial charge is 0.237 e. The summed E-state index contributed by atoms with van der Waals surface area (Å²) >= 11 is 0. The monoisotopic (exact) mass is 312 g/mol. The predicted molar refractivity (Wildman–Crippen MR) is 90.0 cm³/mol. The Morgan fingerprint density at radius 3 is 2.78 bits per heavy atom. The van der Waals surface area contributed by atoms with E-state index in [1.54, 1.807) is 0 Å². The summed E-state index contributed by atoms with van der Waals surface area (Å²) in [5, 5.41) is 10.9. The molecule has 0 bridgehead atoms. The van der Waals surface area contributed by atoms with Gasteiger partial charge < -0.3 is 10.6 Å². The first-order valence-electron chi connectivity index (χ1n) is 8.21. The zero-order valence-corrected chi connectivity index (χ0v) is 14.0. The zero-order valence-electron chi connectivity index (χ0n) is 14.0. The third-order valence-corrected chi connectivity index (χ3v) is 4.67. The summed E-state index contributed by atoms with van der Waals surface area (Å²) in [6, 6.07) is 8.13. The fraction of sp³-hybridized carbons (Fsp3) is 0.444. The van der Waals surface area contributed by atoms with Gasteiger partial charge in [0.05, 0.1) is 11.7 Å². The molecule has 0 radical (unpaired) electrons. The van der Waals surface area contributed by atoms with Crippen LogP contribution in [-0.4, -0.2) is 21.7 Å². The van der Waals surface area contributed by atoms with Crippen LogP contribution in [0.3, 0.4) is 0 Å². The van der Waals surface area contributed by atoms with Gasteiger partial charge in [-0.1, -0.05) is 24.3 Å². The number of aryl methyl sites for hydroxylation is 2. The molecule has 2 aromatic rings. The predicted octanol–water partition coefficient (Wildman–Crippen LogP) is 1.85. The number of amides is 1. The number of aromatic nitrogens is 2. The van der Waals surface area contributed by atoms with Gasteiger partial charge in [-0.2, -0.15) is 5.10 Å². The Balaban J connectivity index is 1.64. The quantitative estimate of drug-likeness (QED) is 0.906. The Morgan fingerprint density at radius 2 is 2.09 bits per heavy atom. The van der Waals surface area contributed by atoms with Gasteiger partial charge in [-0.15, -0.1) is 0 Å². The highest BCUT2D eigenvalue weighted by Gasteiger charge is 2.24. The van der Waals surface area contributed by atoms with Crippen molar-refractivity contribution in [2.75, 3.05) is 0 Å². The molecular weight excluding hydrogens is 288 g/mol. The molecule has 122 valence electrons. The van der Waals surface area contributed by atoms with Gasteiger partial charge in [0.2, 0.25) is 5.91 Å². The van der Waals surface area contributed by atoms with Crippen LogP contribution in [0.25, 0.3) is 0 Å². The summed E-state index contributed by atoms with van der Waals surface area (Å²) in [6.45, 7) is 8.26. The second-order valence-corrected chi connectivity index (χ2v) is 6.09. The minimum atomic E-state index is -0.160. The standard InChI is InChI=1S/C18H24N4O/c1-4-22-13(3)16(12(2)21-22)11-20-18(23)17-9-14-7-5-6-8-15(14)10-19-17/h5-8,17,19H,4,9-11H2,1-3H3,(H,20,23). The number of rotatable bonds is 4. The molecule has 1 aromatic heterocycles. The van der Waals surface area contributed by atoms with Crippen molar-refractivity contribution in [2.45, 2.75) is 52.9 Å². The first kappa shape index (κ1) is 15.7. The van der Waals surface area contributed by atoms with Crippen LogP contribution in [0.2, 0.25) is 0 Å². The van der Waals surface area contributed by atoms with Crippen molar-refractivity contribution in [3.05, 3.63) is 52.3 Å². The molecule has 0 aliphatic carbocycles. The van der Waals surface area contributed by atoms with Crippen LogP contribution >= 0.6 is 0 Å². The molecule has 1 aliphatic rings. The number of hydrogen-bond acceptors (Lipinski definition) is 3. The molecule has 5 heteroatoms. The second-order valence-electron chi connectivity index (χ2n) is 6.09. The van der Waals surface area contributed by atoms with Crippen LogP contribution in [-0.2, 0) is 30.8 Å². The molecule has 1 unspecified atom stereocenters. The van der Waals surface area contributed by atoms with Crippen LogP contribution < -0.4 is 10.6 Å².